The van der Waals surface area contributed by atoms with Crippen molar-refractivity contribution in [2.75, 3.05) is 19.3 Å². The van der Waals surface area contributed by atoms with Crippen molar-refractivity contribution in [1.29, 1.82) is 0 Å². The van der Waals surface area contributed by atoms with E-state index in [9.17, 15) is 4.39 Å². The molecule has 1 aliphatic heterocycles. The molecule has 0 N–H and O–H groups in total. The Hall–Kier alpha value is -0.540. The van der Waals surface area contributed by atoms with Gasteiger partial charge in [-0.3, -0.25) is 4.90 Å². The van der Waals surface area contributed by atoms with Crippen LogP contribution in [-0.4, -0.2) is 24.2 Å². The minimum Gasteiger partial charge on any atom is -0.290 e. The van der Waals surface area contributed by atoms with Crippen molar-refractivity contribution < 1.29 is 4.39 Å². The highest BCUT2D eigenvalue weighted by molar-refractivity contribution is 7.99. The molecule has 70 valence electrons. The number of rotatable bonds is 1. The SMILES string of the molecule is CN1CCSC1c1cccc(F)c1. The van der Waals surface area contributed by atoms with Gasteiger partial charge in [-0.2, -0.15) is 0 Å². The highest BCUT2D eigenvalue weighted by Crippen LogP contribution is 2.36. The molecule has 1 heterocycles. The Labute approximate surface area is 81.9 Å². The van der Waals surface area contributed by atoms with Gasteiger partial charge < -0.3 is 0 Å². The monoisotopic (exact) mass is 197 g/mol. The lowest BCUT2D eigenvalue weighted by atomic mass is 10.2. The maximum atomic E-state index is 12.9. The van der Waals surface area contributed by atoms with Crippen LogP contribution in [0.2, 0.25) is 0 Å². The quantitative estimate of drug-likeness (QED) is 0.680. The predicted molar refractivity (Wildman–Crippen MR) is 54.2 cm³/mol. The zero-order chi connectivity index (χ0) is 9.26. The number of thioether (sulfide) groups is 1. The van der Waals surface area contributed by atoms with Crippen LogP contribution in [0.5, 0.6) is 0 Å². The molecule has 0 bridgehead atoms. The maximum Gasteiger partial charge on any atom is 0.123 e. The molecule has 13 heavy (non-hydrogen) atoms. The fourth-order valence-electron chi connectivity index (χ4n) is 1.56. The number of nitrogens with zero attached hydrogens (tertiary/aromatic N) is 1. The molecule has 0 saturated carbocycles. The van der Waals surface area contributed by atoms with E-state index in [0.717, 1.165) is 17.9 Å². The van der Waals surface area contributed by atoms with E-state index >= 15 is 0 Å². The van der Waals surface area contributed by atoms with Gasteiger partial charge in [0, 0.05) is 12.3 Å². The third-order valence-corrected chi connectivity index (χ3v) is 3.62. The van der Waals surface area contributed by atoms with Crippen LogP contribution < -0.4 is 0 Å². The van der Waals surface area contributed by atoms with Gasteiger partial charge in [0.15, 0.2) is 0 Å². The zero-order valence-electron chi connectivity index (χ0n) is 7.53. The first kappa shape index (κ1) is 9.03. The Morgan fingerprint density at radius 2 is 2.38 bits per heavy atom. The van der Waals surface area contributed by atoms with Crippen LogP contribution in [0.1, 0.15) is 10.9 Å². The molecular formula is C10H12FNS. The molecule has 1 aromatic rings. The van der Waals surface area contributed by atoms with Crippen LogP contribution in [-0.2, 0) is 0 Å². The molecule has 0 spiro atoms. The van der Waals surface area contributed by atoms with Gasteiger partial charge >= 0.3 is 0 Å². The molecule has 2 rings (SSSR count). The molecule has 1 fully saturated rings. The summed E-state index contributed by atoms with van der Waals surface area (Å²) >= 11 is 1.87. The first-order valence-corrected chi connectivity index (χ1v) is 5.39. The Morgan fingerprint density at radius 1 is 1.54 bits per heavy atom. The molecule has 1 aliphatic rings. The van der Waals surface area contributed by atoms with E-state index in [1.807, 2.05) is 17.8 Å². The summed E-state index contributed by atoms with van der Waals surface area (Å²) in [4.78, 5) is 2.25. The third kappa shape index (κ3) is 1.86. The van der Waals surface area contributed by atoms with Gasteiger partial charge in [-0.15, -0.1) is 11.8 Å². The van der Waals surface area contributed by atoms with Crippen LogP contribution in [0, 0.1) is 5.82 Å². The first-order valence-electron chi connectivity index (χ1n) is 4.35. The fraction of sp³-hybridized carbons (Fsp3) is 0.400. The second kappa shape index (κ2) is 3.68. The van der Waals surface area contributed by atoms with Crippen molar-refractivity contribution in [1.82, 2.24) is 4.90 Å². The van der Waals surface area contributed by atoms with Gasteiger partial charge in [0.1, 0.15) is 5.82 Å². The number of hydrogen-bond acceptors (Lipinski definition) is 2. The molecule has 1 aromatic carbocycles. The summed E-state index contributed by atoms with van der Waals surface area (Å²) in [6.45, 7) is 1.09. The van der Waals surface area contributed by atoms with Crippen molar-refractivity contribution in [3.63, 3.8) is 0 Å². The van der Waals surface area contributed by atoms with E-state index in [-0.39, 0.29) is 5.82 Å². The predicted octanol–water partition coefficient (Wildman–Crippen LogP) is 2.50. The maximum absolute atomic E-state index is 12.9. The average Bonchev–Trinajstić information content (AvgIpc) is 2.51. The Kier molecular flexibility index (Phi) is 2.56. The largest absolute Gasteiger partial charge is 0.290 e. The van der Waals surface area contributed by atoms with Gasteiger partial charge in [0.25, 0.3) is 0 Å². The zero-order valence-corrected chi connectivity index (χ0v) is 8.35. The van der Waals surface area contributed by atoms with E-state index in [4.69, 9.17) is 0 Å². The molecule has 0 amide bonds. The normalized spacial score (nSPS) is 23.7. The Morgan fingerprint density at radius 3 is 3.00 bits per heavy atom. The van der Waals surface area contributed by atoms with Gasteiger partial charge in [-0.05, 0) is 24.7 Å². The lowest BCUT2D eigenvalue weighted by Gasteiger charge is -2.18. The summed E-state index contributed by atoms with van der Waals surface area (Å²) in [5.74, 6) is 0.996. The summed E-state index contributed by atoms with van der Waals surface area (Å²) in [6.07, 6.45) is 0. The lowest BCUT2D eigenvalue weighted by Crippen LogP contribution is -2.16. The molecule has 1 unspecified atom stereocenters. The summed E-state index contributed by atoms with van der Waals surface area (Å²) in [5, 5.41) is 0.343. The number of hydrogen-bond donors (Lipinski definition) is 0. The lowest BCUT2D eigenvalue weighted by molar-refractivity contribution is 0.358. The van der Waals surface area contributed by atoms with Crippen molar-refractivity contribution in [2.24, 2.45) is 0 Å². The summed E-state index contributed by atoms with van der Waals surface area (Å²) < 4.78 is 12.9. The van der Waals surface area contributed by atoms with Gasteiger partial charge in [-0.1, -0.05) is 12.1 Å². The Balaban J connectivity index is 2.24. The topological polar surface area (TPSA) is 3.24 Å². The molecule has 1 saturated heterocycles. The van der Waals surface area contributed by atoms with E-state index < -0.39 is 0 Å². The molecule has 3 heteroatoms. The van der Waals surface area contributed by atoms with Crippen LogP contribution in [0.15, 0.2) is 24.3 Å². The molecular weight excluding hydrogens is 185 g/mol. The second-order valence-electron chi connectivity index (χ2n) is 3.26. The van der Waals surface area contributed by atoms with Crippen LogP contribution in [0.4, 0.5) is 4.39 Å². The van der Waals surface area contributed by atoms with Crippen LogP contribution in [0.25, 0.3) is 0 Å². The fourth-order valence-corrected chi connectivity index (χ4v) is 2.88. The summed E-state index contributed by atoms with van der Waals surface area (Å²) in [7, 11) is 2.08. The van der Waals surface area contributed by atoms with E-state index in [0.29, 0.717) is 5.37 Å². The number of halogens is 1. The molecule has 1 nitrogen and oxygen atoms in total. The van der Waals surface area contributed by atoms with E-state index in [1.54, 1.807) is 12.1 Å². The Bertz CT molecular complexity index is 303. The van der Waals surface area contributed by atoms with E-state index in [1.165, 1.54) is 6.07 Å². The first-order chi connectivity index (χ1) is 6.27. The minimum atomic E-state index is -0.140. The summed E-state index contributed by atoms with van der Waals surface area (Å²) in [5.41, 5.74) is 1.07. The molecule has 0 aromatic heterocycles. The third-order valence-electron chi connectivity index (χ3n) is 2.25. The van der Waals surface area contributed by atoms with Gasteiger partial charge in [-0.25, -0.2) is 4.39 Å². The van der Waals surface area contributed by atoms with Crippen LogP contribution in [0.3, 0.4) is 0 Å². The minimum absolute atomic E-state index is 0.140. The van der Waals surface area contributed by atoms with Crippen molar-refractivity contribution in [2.45, 2.75) is 5.37 Å². The summed E-state index contributed by atoms with van der Waals surface area (Å²) in [6, 6.07) is 6.88. The van der Waals surface area contributed by atoms with Crippen LogP contribution >= 0.6 is 11.8 Å². The highest BCUT2D eigenvalue weighted by atomic mass is 32.2. The van der Waals surface area contributed by atoms with E-state index in [2.05, 4.69) is 11.9 Å². The average molecular weight is 197 g/mol. The van der Waals surface area contributed by atoms with Gasteiger partial charge in [0.2, 0.25) is 0 Å². The van der Waals surface area contributed by atoms with Crippen molar-refractivity contribution in [3.05, 3.63) is 35.6 Å². The van der Waals surface area contributed by atoms with Crippen molar-refractivity contribution in [3.8, 4) is 0 Å². The standard InChI is InChI=1S/C10H12FNS/c1-12-5-6-13-10(12)8-3-2-4-9(11)7-8/h2-4,7,10H,5-6H2,1H3. The second-order valence-corrected chi connectivity index (χ2v) is 4.45. The highest BCUT2D eigenvalue weighted by Gasteiger charge is 2.22. The molecule has 0 radical (unpaired) electrons. The molecule has 1 atom stereocenters. The number of benzene rings is 1. The smallest absolute Gasteiger partial charge is 0.123 e. The van der Waals surface area contributed by atoms with Gasteiger partial charge in [0.05, 0.1) is 5.37 Å². The molecule has 0 aliphatic carbocycles. The van der Waals surface area contributed by atoms with Crippen molar-refractivity contribution >= 4 is 11.8 Å².